The van der Waals surface area contributed by atoms with E-state index in [1.54, 1.807) is 0 Å². The van der Waals surface area contributed by atoms with Crippen LogP contribution >= 0.6 is 0 Å². The van der Waals surface area contributed by atoms with Gasteiger partial charge in [0.15, 0.2) is 0 Å². The second-order valence-corrected chi connectivity index (χ2v) is 3.59. The molecule has 0 bridgehead atoms. The van der Waals surface area contributed by atoms with Crippen molar-refractivity contribution in [3.63, 3.8) is 0 Å². The lowest BCUT2D eigenvalue weighted by Crippen LogP contribution is -2.31. The first-order valence-electron chi connectivity index (χ1n) is 5.19. The van der Waals surface area contributed by atoms with Crippen LogP contribution in [0.25, 0.3) is 0 Å². The molecule has 0 amide bonds. The fourth-order valence-corrected chi connectivity index (χ4v) is 1.54. The molecular weight excluding hydrogens is 248 g/mol. The Balaban J connectivity index is 3.16. The average Bonchev–Trinajstić information content (AvgIpc) is 2.35. The summed E-state index contributed by atoms with van der Waals surface area (Å²) in [5, 5.41) is 9.03. The highest BCUT2D eigenvalue weighted by molar-refractivity contribution is 5.88. The van der Waals surface area contributed by atoms with Crippen LogP contribution in [-0.4, -0.2) is 35.8 Å². The molecule has 1 atom stereocenters. The first-order chi connectivity index (χ1) is 8.51. The Morgan fingerprint density at radius 3 is 2.72 bits per heavy atom. The van der Waals surface area contributed by atoms with E-state index in [0.29, 0.717) is 0 Å². The van der Waals surface area contributed by atoms with Crippen molar-refractivity contribution in [3.8, 4) is 0 Å². The minimum atomic E-state index is -2.66. The molecule has 0 aliphatic heterocycles. The van der Waals surface area contributed by atoms with Gasteiger partial charge in [-0.05, 0) is 12.1 Å². The third-order valence-electron chi connectivity index (χ3n) is 2.43. The number of alkyl halides is 2. The smallest absolute Gasteiger partial charge is 0.343 e. The number of esters is 1. The molecule has 0 aromatic carbocycles. The van der Waals surface area contributed by atoms with Crippen molar-refractivity contribution >= 4 is 5.97 Å². The van der Waals surface area contributed by atoms with Gasteiger partial charge in [-0.25, -0.2) is 13.6 Å². The van der Waals surface area contributed by atoms with Crippen molar-refractivity contribution in [2.75, 3.05) is 13.7 Å². The Morgan fingerprint density at radius 2 is 2.22 bits per heavy atom. The number of pyridine rings is 1. The molecule has 1 N–H and O–H groups in total. The third-order valence-corrected chi connectivity index (χ3v) is 2.43. The van der Waals surface area contributed by atoms with Crippen molar-refractivity contribution in [3.05, 3.63) is 34.2 Å². The summed E-state index contributed by atoms with van der Waals surface area (Å²) in [5.41, 5.74) is -1.02. The summed E-state index contributed by atoms with van der Waals surface area (Å²) >= 11 is 0. The van der Waals surface area contributed by atoms with Gasteiger partial charge in [-0.2, -0.15) is 0 Å². The Hall–Kier alpha value is -1.76. The van der Waals surface area contributed by atoms with E-state index >= 15 is 0 Å². The predicted octanol–water partition coefficient (Wildman–Crippen LogP) is 0.824. The molecule has 18 heavy (non-hydrogen) atoms. The SMILES string of the molecule is COC(=O)c1cccn(C(CO)CC(F)F)c1=O. The number of halogens is 2. The standard InChI is InChI=1S/C11H13F2NO4/c1-18-11(17)8-3-2-4-14(10(8)16)7(6-15)5-9(12)13/h2-4,7,9,15H,5-6H2,1H3. The van der Waals surface area contributed by atoms with Gasteiger partial charge >= 0.3 is 5.97 Å². The Bertz CT molecular complexity index is 472. The Labute approximate surface area is 102 Å². The molecule has 0 saturated heterocycles. The molecule has 0 fully saturated rings. The molecule has 0 spiro atoms. The third kappa shape index (κ3) is 3.13. The first kappa shape index (κ1) is 14.3. The first-order valence-corrected chi connectivity index (χ1v) is 5.19. The quantitative estimate of drug-likeness (QED) is 0.797. The number of rotatable bonds is 5. The maximum Gasteiger partial charge on any atom is 0.343 e. The number of aliphatic hydroxyl groups is 1. The molecule has 1 aromatic rings. The number of aliphatic hydroxyl groups excluding tert-OH is 1. The topological polar surface area (TPSA) is 68.5 Å². The zero-order valence-corrected chi connectivity index (χ0v) is 9.68. The Kier molecular flexibility index (Phi) is 4.96. The van der Waals surface area contributed by atoms with Crippen molar-refractivity contribution in [2.45, 2.75) is 18.9 Å². The van der Waals surface area contributed by atoms with E-state index in [9.17, 15) is 18.4 Å². The predicted molar refractivity (Wildman–Crippen MR) is 58.8 cm³/mol. The van der Waals surface area contributed by atoms with E-state index in [4.69, 9.17) is 5.11 Å². The van der Waals surface area contributed by atoms with Gasteiger partial charge in [0.2, 0.25) is 6.43 Å². The summed E-state index contributed by atoms with van der Waals surface area (Å²) in [7, 11) is 1.11. The van der Waals surface area contributed by atoms with Crippen molar-refractivity contribution < 1.29 is 23.4 Å². The normalized spacial score (nSPS) is 12.5. The van der Waals surface area contributed by atoms with Gasteiger partial charge in [-0.15, -0.1) is 0 Å². The summed E-state index contributed by atoms with van der Waals surface area (Å²) in [6, 6.07) is 1.53. The molecule has 1 unspecified atom stereocenters. The van der Waals surface area contributed by atoms with Crippen LogP contribution in [0.15, 0.2) is 23.1 Å². The minimum absolute atomic E-state index is 0.257. The molecule has 0 saturated carbocycles. The summed E-state index contributed by atoms with van der Waals surface area (Å²) in [6.45, 7) is -0.616. The van der Waals surface area contributed by atoms with Crippen LogP contribution < -0.4 is 5.56 Å². The van der Waals surface area contributed by atoms with Crippen LogP contribution in [0.1, 0.15) is 22.8 Å². The molecular formula is C11H13F2NO4. The van der Waals surface area contributed by atoms with E-state index in [1.807, 2.05) is 0 Å². The molecule has 7 heteroatoms. The van der Waals surface area contributed by atoms with Gasteiger partial charge < -0.3 is 14.4 Å². The van der Waals surface area contributed by atoms with E-state index in [0.717, 1.165) is 11.7 Å². The molecule has 1 heterocycles. The minimum Gasteiger partial charge on any atom is -0.465 e. The largest absolute Gasteiger partial charge is 0.465 e. The van der Waals surface area contributed by atoms with Crippen LogP contribution in [0.2, 0.25) is 0 Å². The van der Waals surface area contributed by atoms with Gasteiger partial charge in [0.1, 0.15) is 5.56 Å². The monoisotopic (exact) mass is 261 g/mol. The number of hydrogen-bond acceptors (Lipinski definition) is 4. The number of nitrogens with zero attached hydrogens (tertiary/aromatic N) is 1. The number of hydrogen-bond donors (Lipinski definition) is 1. The molecule has 0 aliphatic rings. The lowest BCUT2D eigenvalue weighted by molar-refractivity contribution is 0.0596. The van der Waals surface area contributed by atoms with Crippen LogP contribution in [-0.2, 0) is 4.74 Å². The van der Waals surface area contributed by atoms with Crippen LogP contribution in [0.5, 0.6) is 0 Å². The van der Waals surface area contributed by atoms with Crippen molar-refractivity contribution in [1.82, 2.24) is 4.57 Å². The molecule has 0 aliphatic carbocycles. The maximum absolute atomic E-state index is 12.3. The number of ether oxygens (including phenoxy) is 1. The van der Waals surface area contributed by atoms with Gasteiger partial charge in [0.25, 0.3) is 5.56 Å². The van der Waals surface area contributed by atoms with Crippen LogP contribution in [0.3, 0.4) is 0 Å². The summed E-state index contributed by atoms with van der Waals surface area (Å²) in [5.74, 6) is -0.844. The van der Waals surface area contributed by atoms with E-state index < -0.39 is 37.0 Å². The summed E-state index contributed by atoms with van der Waals surface area (Å²) < 4.78 is 29.9. The van der Waals surface area contributed by atoms with E-state index in [-0.39, 0.29) is 5.56 Å². The highest BCUT2D eigenvalue weighted by Gasteiger charge is 2.20. The fraction of sp³-hybridized carbons (Fsp3) is 0.455. The number of carbonyl (C=O) groups excluding carboxylic acids is 1. The second kappa shape index (κ2) is 6.25. The summed E-state index contributed by atoms with van der Waals surface area (Å²) in [6.07, 6.45) is -2.07. The van der Waals surface area contributed by atoms with Crippen LogP contribution in [0.4, 0.5) is 8.78 Å². The van der Waals surface area contributed by atoms with Gasteiger partial charge in [0.05, 0.1) is 19.8 Å². The fourth-order valence-electron chi connectivity index (χ4n) is 1.54. The van der Waals surface area contributed by atoms with Crippen molar-refractivity contribution in [1.29, 1.82) is 0 Å². The molecule has 1 aromatic heterocycles. The van der Waals surface area contributed by atoms with E-state index in [2.05, 4.69) is 4.74 Å². The molecule has 1 rings (SSSR count). The number of methoxy groups -OCH3 is 1. The molecule has 100 valence electrons. The Morgan fingerprint density at radius 1 is 1.56 bits per heavy atom. The van der Waals surface area contributed by atoms with Gasteiger partial charge in [-0.3, -0.25) is 4.79 Å². The molecule has 0 radical (unpaired) electrons. The second-order valence-electron chi connectivity index (χ2n) is 3.59. The van der Waals surface area contributed by atoms with E-state index in [1.165, 1.54) is 18.3 Å². The average molecular weight is 261 g/mol. The molecule has 5 nitrogen and oxygen atoms in total. The zero-order chi connectivity index (χ0) is 13.7. The lowest BCUT2D eigenvalue weighted by atomic mass is 10.2. The maximum atomic E-state index is 12.3. The lowest BCUT2D eigenvalue weighted by Gasteiger charge is -2.17. The van der Waals surface area contributed by atoms with Gasteiger partial charge in [0, 0.05) is 12.6 Å². The van der Waals surface area contributed by atoms with Crippen LogP contribution in [0, 0.1) is 0 Å². The highest BCUT2D eigenvalue weighted by Crippen LogP contribution is 2.14. The zero-order valence-electron chi connectivity index (χ0n) is 9.68. The number of aromatic nitrogens is 1. The van der Waals surface area contributed by atoms with Gasteiger partial charge in [-0.1, -0.05) is 0 Å². The summed E-state index contributed by atoms with van der Waals surface area (Å²) in [4.78, 5) is 23.1. The highest BCUT2D eigenvalue weighted by atomic mass is 19.3. The number of carbonyl (C=O) groups is 1. The van der Waals surface area contributed by atoms with Crippen molar-refractivity contribution in [2.24, 2.45) is 0 Å².